The minimum Gasteiger partial charge on any atom is -0.394 e. The Morgan fingerprint density at radius 2 is 1.72 bits per heavy atom. The Bertz CT molecular complexity index is 1320. The van der Waals surface area contributed by atoms with E-state index in [9.17, 15) is 18.7 Å². The van der Waals surface area contributed by atoms with Crippen molar-refractivity contribution in [1.82, 2.24) is 10.2 Å². The molecule has 2 heterocycles. The number of carbonyl (C=O) groups is 1. The van der Waals surface area contributed by atoms with E-state index < -0.39 is 12.0 Å². The minimum absolute atomic E-state index is 0.159. The third-order valence-electron chi connectivity index (χ3n) is 7.83. The molecule has 5 rings (SSSR count). The van der Waals surface area contributed by atoms with E-state index in [4.69, 9.17) is 12.2 Å². The van der Waals surface area contributed by atoms with Crippen LogP contribution in [0.4, 0.5) is 14.5 Å². The molecule has 1 fully saturated rings. The molecule has 2 aliphatic rings. The molecule has 0 saturated carbocycles. The molecule has 39 heavy (non-hydrogen) atoms. The van der Waals surface area contributed by atoms with Crippen LogP contribution in [0.1, 0.15) is 47.9 Å². The van der Waals surface area contributed by atoms with Crippen molar-refractivity contribution in [3.05, 3.63) is 101 Å². The molecule has 9 heteroatoms. The number of amides is 1. The fourth-order valence-electron chi connectivity index (χ4n) is 5.66. The van der Waals surface area contributed by atoms with E-state index in [0.717, 1.165) is 53.0 Å². The summed E-state index contributed by atoms with van der Waals surface area (Å²) in [5.41, 5.74) is 3.47. The summed E-state index contributed by atoms with van der Waals surface area (Å²) >= 11 is 5.56. The first-order chi connectivity index (χ1) is 18.9. The highest BCUT2D eigenvalue weighted by Crippen LogP contribution is 2.55. The van der Waals surface area contributed by atoms with E-state index in [0.29, 0.717) is 21.5 Å². The Kier molecular flexibility index (Phi) is 8.67. The second-order valence-electron chi connectivity index (χ2n) is 10.2. The first-order valence-electron chi connectivity index (χ1n) is 13.2. The van der Waals surface area contributed by atoms with E-state index in [1.165, 1.54) is 18.2 Å². The van der Waals surface area contributed by atoms with Gasteiger partial charge in [0.05, 0.1) is 18.6 Å². The van der Waals surface area contributed by atoms with E-state index in [2.05, 4.69) is 15.5 Å². The largest absolute Gasteiger partial charge is 0.394 e. The second kappa shape index (κ2) is 12.2. The highest BCUT2D eigenvalue weighted by molar-refractivity contribution is 7.94. The molecule has 5 nitrogen and oxygen atoms in total. The molecule has 0 aromatic heterocycles. The number of aliphatic hydroxyl groups excluding tert-OH is 1. The molecule has 0 bridgehead atoms. The van der Waals surface area contributed by atoms with Crippen molar-refractivity contribution in [3.8, 4) is 0 Å². The summed E-state index contributed by atoms with van der Waals surface area (Å²) in [5, 5.41) is 16.1. The zero-order valence-corrected chi connectivity index (χ0v) is 23.3. The molecule has 0 aliphatic carbocycles. The van der Waals surface area contributed by atoms with Gasteiger partial charge in [0, 0.05) is 10.8 Å². The van der Waals surface area contributed by atoms with Crippen molar-refractivity contribution in [1.29, 1.82) is 0 Å². The topological polar surface area (TPSA) is 64.6 Å². The average molecular weight is 568 g/mol. The van der Waals surface area contributed by atoms with Crippen LogP contribution in [0.2, 0.25) is 0 Å². The molecule has 204 valence electrons. The van der Waals surface area contributed by atoms with Crippen molar-refractivity contribution in [2.45, 2.75) is 36.4 Å². The Hall–Kier alpha value is -2.77. The maximum atomic E-state index is 14.2. The quantitative estimate of drug-likeness (QED) is 0.242. The number of benzene rings is 3. The van der Waals surface area contributed by atoms with Crippen LogP contribution in [0.5, 0.6) is 0 Å². The van der Waals surface area contributed by atoms with Gasteiger partial charge in [-0.3, -0.25) is 4.79 Å². The van der Waals surface area contributed by atoms with Crippen LogP contribution in [-0.2, 0) is 9.95 Å². The molecule has 2 aliphatic heterocycles. The zero-order valence-electron chi connectivity index (χ0n) is 21.5. The van der Waals surface area contributed by atoms with Crippen molar-refractivity contribution in [3.63, 3.8) is 0 Å². The van der Waals surface area contributed by atoms with Crippen molar-refractivity contribution < 1.29 is 18.7 Å². The van der Waals surface area contributed by atoms with Crippen LogP contribution in [-0.4, -0.2) is 46.9 Å². The number of likely N-dealkylation sites (tertiary alicyclic amines) is 1. The van der Waals surface area contributed by atoms with E-state index in [1.807, 2.05) is 30.3 Å². The Morgan fingerprint density at radius 1 is 1.03 bits per heavy atom. The van der Waals surface area contributed by atoms with Gasteiger partial charge in [0.15, 0.2) is 0 Å². The number of nitrogens with one attached hydrogen (secondary N) is 2. The fourth-order valence-corrected chi connectivity index (χ4v) is 7.80. The summed E-state index contributed by atoms with van der Waals surface area (Å²) in [7, 11) is 0.404. The number of piperidine rings is 1. The molecule has 3 atom stereocenters. The molecule has 2 unspecified atom stereocenters. The molecule has 3 aromatic carbocycles. The van der Waals surface area contributed by atoms with Gasteiger partial charge < -0.3 is 20.6 Å². The van der Waals surface area contributed by atoms with Crippen LogP contribution in [0, 0.1) is 11.6 Å². The van der Waals surface area contributed by atoms with Crippen molar-refractivity contribution >= 4 is 37.1 Å². The summed E-state index contributed by atoms with van der Waals surface area (Å²) in [6.45, 7) is 2.08. The van der Waals surface area contributed by atoms with Crippen molar-refractivity contribution in [2.75, 3.05) is 31.6 Å². The SMILES string of the molecule is O=C(N[C@@H](CO)c1ccccc1)C(CCN1CCC2(CC1)PC(=S)Nc1ccc(F)cc12)c1ccc(F)cc1. The molecular weight excluding hydrogens is 535 g/mol. The highest BCUT2D eigenvalue weighted by atomic mass is 32.1. The number of fused-ring (bicyclic) bond motifs is 2. The first kappa shape index (κ1) is 27.8. The van der Waals surface area contributed by atoms with E-state index >= 15 is 0 Å². The van der Waals surface area contributed by atoms with E-state index in [1.54, 1.807) is 24.3 Å². The number of anilines is 1. The predicted molar refractivity (Wildman–Crippen MR) is 156 cm³/mol. The minimum atomic E-state index is -0.526. The lowest BCUT2D eigenvalue weighted by molar-refractivity contribution is -0.124. The molecular formula is C30H32F2N3O2PS. The van der Waals surface area contributed by atoms with Crippen LogP contribution in [0.15, 0.2) is 72.8 Å². The molecule has 3 N–H and O–H groups in total. The van der Waals surface area contributed by atoms with Crippen LogP contribution >= 0.6 is 20.8 Å². The summed E-state index contributed by atoms with van der Waals surface area (Å²) in [4.78, 5) is 15.8. The second-order valence-corrected chi connectivity index (χ2v) is 12.7. The fraction of sp³-hybridized carbons (Fsp3) is 0.333. The predicted octanol–water partition coefficient (Wildman–Crippen LogP) is 5.67. The Morgan fingerprint density at radius 3 is 2.41 bits per heavy atom. The monoisotopic (exact) mass is 567 g/mol. The molecule has 3 aromatic rings. The summed E-state index contributed by atoms with van der Waals surface area (Å²) in [6.07, 6.45) is 2.26. The van der Waals surface area contributed by atoms with Crippen LogP contribution in [0.3, 0.4) is 0 Å². The Labute approximate surface area is 234 Å². The Balaban J connectivity index is 1.28. The van der Waals surface area contributed by atoms with Gasteiger partial charge in [0.1, 0.15) is 16.4 Å². The van der Waals surface area contributed by atoms with Gasteiger partial charge in [-0.1, -0.05) is 54.7 Å². The number of nitrogens with zero attached hydrogens (tertiary/aromatic N) is 1. The molecule has 0 radical (unpaired) electrons. The van der Waals surface area contributed by atoms with E-state index in [-0.39, 0.29) is 29.3 Å². The van der Waals surface area contributed by atoms with Crippen LogP contribution in [0.25, 0.3) is 0 Å². The number of aliphatic hydroxyl groups is 1. The third-order valence-corrected chi connectivity index (χ3v) is 9.84. The summed E-state index contributed by atoms with van der Waals surface area (Å²) in [6, 6.07) is 19.8. The van der Waals surface area contributed by atoms with Gasteiger partial charge in [-0.2, -0.15) is 0 Å². The lowest BCUT2D eigenvalue weighted by atomic mass is 9.86. The highest BCUT2D eigenvalue weighted by Gasteiger charge is 2.41. The lowest BCUT2D eigenvalue weighted by Gasteiger charge is -2.45. The van der Waals surface area contributed by atoms with Crippen LogP contribution < -0.4 is 10.6 Å². The number of halogens is 2. The molecule has 1 amide bonds. The number of carbonyl (C=O) groups excluding carboxylic acids is 1. The maximum absolute atomic E-state index is 14.2. The average Bonchev–Trinajstić information content (AvgIpc) is 2.94. The van der Waals surface area contributed by atoms with Gasteiger partial charge >= 0.3 is 0 Å². The summed E-state index contributed by atoms with van der Waals surface area (Å²) in [5.74, 6) is -1.29. The van der Waals surface area contributed by atoms with Gasteiger partial charge in [-0.25, -0.2) is 8.78 Å². The third kappa shape index (κ3) is 6.36. The lowest BCUT2D eigenvalue weighted by Crippen LogP contribution is -2.44. The normalized spacial score (nSPS) is 18.8. The van der Waals surface area contributed by atoms with Gasteiger partial charge in [0.25, 0.3) is 0 Å². The van der Waals surface area contributed by atoms with Crippen molar-refractivity contribution in [2.24, 2.45) is 0 Å². The maximum Gasteiger partial charge on any atom is 0.228 e. The number of hydrogen-bond donors (Lipinski definition) is 3. The van der Waals surface area contributed by atoms with Gasteiger partial charge in [0.2, 0.25) is 5.91 Å². The number of hydrogen-bond acceptors (Lipinski definition) is 4. The van der Waals surface area contributed by atoms with Gasteiger partial charge in [-0.05, 0) is 94.5 Å². The zero-order chi connectivity index (χ0) is 27.4. The smallest absolute Gasteiger partial charge is 0.228 e. The first-order valence-corrected chi connectivity index (χ1v) is 14.6. The molecule has 1 saturated heterocycles. The molecule has 1 spiro atoms. The standard InChI is InChI=1S/C30H32F2N3O2PS/c31-22-8-6-20(7-9-22)24(28(37)33-27(19-36)21-4-2-1-3-5-21)12-15-35-16-13-30(14-17-35)25-18-23(32)10-11-26(25)34-29(39)38-30/h1-11,18,24,27,36,38H,12-17,19H2,(H,33,37)(H,34,39)/t24?,27-/m0/s1. The number of thiocarbonyl (C=S) groups is 1. The van der Waals surface area contributed by atoms with Gasteiger partial charge in [-0.15, -0.1) is 0 Å². The summed E-state index contributed by atoms with van der Waals surface area (Å²) < 4.78 is 28.6. The number of rotatable bonds is 8.